The van der Waals surface area contributed by atoms with E-state index in [0.717, 1.165) is 3.70 Å². The summed E-state index contributed by atoms with van der Waals surface area (Å²) in [7, 11) is 2.91. The molecule has 96 valence electrons. The maximum atomic E-state index is 11.5. The number of carbonyl (C=O) groups excluding carboxylic acids is 1. The highest BCUT2D eigenvalue weighted by Gasteiger charge is 2.18. The first-order chi connectivity index (χ1) is 8.60. The molecule has 5 nitrogen and oxygen atoms in total. The minimum atomic E-state index is -0.496. The second kappa shape index (κ2) is 5.41. The predicted molar refractivity (Wildman–Crippen MR) is 75.8 cm³/mol. The van der Waals surface area contributed by atoms with Gasteiger partial charge in [0.1, 0.15) is 12.4 Å². The van der Waals surface area contributed by atoms with Crippen molar-refractivity contribution in [1.82, 2.24) is 9.55 Å². The lowest BCUT2D eigenvalue weighted by molar-refractivity contribution is 0.0600. The van der Waals surface area contributed by atoms with Crippen LogP contribution in [0.4, 0.5) is 0 Å². The number of esters is 1. The van der Waals surface area contributed by atoms with Gasteiger partial charge in [0.25, 0.3) is 0 Å². The summed E-state index contributed by atoms with van der Waals surface area (Å²) in [6, 6.07) is 1.86. The van der Waals surface area contributed by atoms with Crippen molar-refractivity contribution in [3.8, 4) is 0 Å². The minimum absolute atomic E-state index is 0.262. The SMILES string of the molecule is COCn1c(I)cc2c(Cl)c(C(=O)OC)cnc21. The van der Waals surface area contributed by atoms with E-state index in [1.165, 1.54) is 13.3 Å². The zero-order valence-corrected chi connectivity index (χ0v) is 12.7. The van der Waals surface area contributed by atoms with E-state index in [1.807, 2.05) is 10.6 Å². The van der Waals surface area contributed by atoms with Gasteiger partial charge in [0.05, 0.1) is 21.4 Å². The molecule has 2 aromatic heterocycles. The highest BCUT2D eigenvalue weighted by atomic mass is 127. The Kier molecular flexibility index (Phi) is 4.08. The first-order valence-corrected chi connectivity index (χ1v) is 6.46. The summed E-state index contributed by atoms with van der Waals surface area (Å²) in [5, 5.41) is 1.06. The van der Waals surface area contributed by atoms with Crippen molar-refractivity contribution >= 4 is 51.2 Å². The molecule has 0 unspecified atom stereocenters. The van der Waals surface area contributed by atoms with E-state index < -0.39 is 5.97 Å². The highest BCUT2D eigenvalue weighted by Crippen LogP contribution is 2.29. The molecule has 0 aliphatic heterocycles. The van der Waals surface area contributed by atoms with E-state index in [-0.39, 0.29) is 5.56 Å². The number of halogens is 2. The molecule has 0 aliphatic rings. The number of hydrogen-bond acceptors (Lipinski definition) is 4. The standard InChI is InChI=1S/C11H10ClIN2O3/c1-17-5-15-8(13)3-6-9(12)7(11(16)18-2)4-14-10(6)15/h3-4H,5H2,1-2H3. The highest BCUT2D eigenvalue weighted by molar-refractivity contribution is 14.1. The fourth-order valence-electron chi connectivity index (χ4n) is 1.64. The molecule has 0 bridgehead atoms. The number of pyridine rings is 1. The lowest BCUT2D eigenvalue weighted by Gasteiger charge is -2.06. The Morgan fingerprint density at radius 1 is 1.56 bits per heavy atom. The summed E-state index contributed by atoms with van der Waals surface area (Å²) in [4.78, 5) is 15.8. The van der Waals surface area contributed by atoms with Gasteiger partial charge < -0.3 is 9.47 Å². The van der Waals surface area contributed by atoms with Crippen LogP contribution in [-0.2, 0) is 16.2 Å². The van der Waals surface area contributed by atoms with E-state index in [9.17, 15) is 4.79 Å². The number of carbonyl (C=O) groups is 1. The Balaban J connectivity index is 2.66. The van der Waals surface area contributed by atoms with Crippen molar-refractivity contribution in [3.05, 3.63) is 26.5 Å². The van der Waals surface area contributed by atoms with Gasteiger partial charge in [0.15, 0.2) is 0 Å². The Morgan fingerprint density at radius 2 is 2.28 bits per heavy atom. The summed E-state index contributed by atoms with van der Waals surface area (Å²) in [6.07, 6.45) is 1.42. The first kappa shape index (κ1) is 13.6. The monoisotopic (exact) mass is 380 g/mol. The summed E-state index contributed by atoms with van der Waals surface area (Å²) >= 11 is 8.36. The number of methoxy groups -OCH3 is 2. The van der Waals surface area contributed by atoms with Gasteiger partial charge in [-0.1, -0.05) is 11.6 Å². The van der Waals surface area contributed by atoms with Crippen LogP contribution in [0.5, 0.6) is 0 Å². The molecule has 0 radical (unpaired) electrons. The van der Waals surface area contributed by atoms with Gasteiger partial charge in [-0.25, -0.2) is 9.78 Å². The van der Waals surface area contributed by atoms with Crippen LogP contribution in [0.3, 0.4) is 0 Å². The van der Waals surface area contributed by atoms with Crippen molar-refractivity contribution in [3.63, 3.8) is 0 Å². The van der Waals surface area contributed by atoms with Crippen molar-refractivity contribution in [2.45, 2.75) is 6.73 Å². The van der Waals surface area contributed by atoms with Gasteiger partial charge in [-0.05, 0) is 28.7 Å². The van der Waals surface area contributed by atoms with Crippen molar-refractivity contribution in [2.24, 2.45) is 0 Å². The lowest BCUT2D eigenvalue weighted by Crippen LogP contribution is -2.05. The maximum Gasteiger partial charge on any atom is 0.340 e. The minimum Gasteiger partial charge on any atom is -0.465 e. The van der Waals surface area contributed by atoms with Gasteiger partial charge in [-0.15, -0.1) is 0 Å². The normalized spacial score (nSPS) is 10.9. The number of nitrogens with zero attached hydrogens (tertiary/aromatic N) is 2. The van der Waals surface area contributed by atoms with Gasteiger partial charge in [0, 0.05) is 18.7 Å². The molecular formula is C11H10ClIN2O3. The predicted octanol–water partition coefficient (Wildman–Crippen LogP) is 2.68. The summed E-state index contributed by atoms with van der Waals surface area (Å²) < 4.78 is 12.5. The molecule has 0 atom stereocenters. The van der Waals surface area contributed by atoms with Gasteiger partial charge in [-0.3, -0.25) is 4.57 Å². The molecule has 2 aromatic rings. The van der Waals surface area contributed by atoms with Gasteiger partial charge >= 0.3 is 5.97 Å². The van der Waals surface area contributed by atoms with Gasteiger partial charge in [-0.2, -0.15) is 0 Å². The van der Waals surface area contributed by atoms with Crippen LogP contribution in [0.1, 0.15) is 10.4 Å². The molecule has 0 aromatic carbocycles. The van der Waals surface area contributed by atoms with Crippen LogP contribution in [0.15, 0.2) is 12.3 Å². The number of ether oxygens (including phenoxy) is 2. The van der Waals surface area contributed by atoms with Crippen LogP contribution >= 0.6 is 34.2 Å². The van der Waals surface area contributed by atoms with Crippen molar-refractivity contribution in [1.29, 1.82) is 0 Å². The van der Waals surface area contributed by atoms with E-state index in [0.29, 0.717) is 22.8 Å². The molecule has 7 heteroatoms. The van der Waals surface area contributed by atoms with Gasteiger partial charge in [0.2, 0.25) is 0 Å². The van der Waals surface area contributed by atoms with Crippen molar-refractivity contribution in [2.75, 3.05) is 14.2 Å². The molecule has 0 N–H and O–H groups in total. The van der Waals surface area contributed by atoms with Crippen LogP contribution in [-0.4, -0.2) is 29.7 Å². The van der Waals surface area contributed by atoms with E-state index >= 15 is 0 Å². The van der Waals surface area contributed by atoms with Crippen LogP contribution in [0.2, 0.25) is 5.02 Å². The van der Waals surface area contributed by atoms with Crippen LogP contribution in [0, 0.1) is 3.70 Å². The fraction of sp³-hybridized carbons (Fsp3) is 0.273. The first-order valence-electron chi connectivity index (χ1n) is 5.00. The molecule has 0 saturated carbocycles. The zero-order valence-electron chi connectivity index (χ0n) is 9.74. The number of fused-ring (bicyclic) bond motifs is 1. The second-order valence-electron chi connectivity index (χ2n) is 3.53. The Morgan fingerprint density at radius 3 is 2.89 bits per heavy atom. The van der Waals surface area contributed by atoms with E-state index in [4.69, 9.17) is 16.3 Å². The molecule has 0 saturated heterocycles. The molecule has 18 heavy (non-hydrogen) atoms. The second-order valence-corrected chi connectivity index (χ2v) is 5.01. The number of aromatic nitrogens is 2. The summed E-state index contributed by atoms with van der Waals surface area (Å²) in [5.41, 5.74) is 0.941. The largest absolute Gasteiger partial charge is 0.465 e. The molecule has 0 fully saturated rings. The average Bonchev–Trinajstić information content (AvgIpc) is 2.68. The summed E-state index contributed by atoms with van der Waals surface area (Å²) in [5.74, 6) is -0.496. The molecule has 0 aliphatic carbocycles. The smallest absolute Gasteiger partial charge is 0.340 e. The zero-order chi connectivity index (χ0) is 13.3. The van der Waals surface area contributed by atoms with Crippen molar-refractivity contribution < 1.29 is 14.3 Å². The third-order valence-corrected chi connectivity index (χ3v) is 3.77. The van der Waals surface area contributed by atoms with E-state index in [2.05, 4.69) is 32.3 Å². The Labute approximate surface area is 122 Å². The summed E-state index contributed by atoms with van der Waals surface area (Å²) in [6.45, 7) is 0.378. The molecule has 2 rings (SSSR count). The Hall–Kier alpha value is -0.860. The maximum absolute atomic E-state index is 11.5. The lowest BCUT2D eigenvalue weighted by atomic mass is 10.2. The Bertz CT molecular complexity index is 612. The molecular weight excluding hydrogens is 370 g/mol. The average molecular weight is 381 g/mol. The quantitative estimate of drug-likeness (QED) is 0.607. The topological polar surface area (TPSA) is 53.4 Å². The molecule has 0 spiro atoms. The fourth-order valence-corrected chi connectivity index (χ4v) is 2.58. The number of hydrogen-bond donors (Lipinski definition) is 0. The number of rotatable bonds is 3. The van der Waals surface area contributed by atoms with Crippen LogP contribution in [0.25, 0.3) is 11.0 Å². The molecule has 0 amide bonds. The molecule has 2 heterocycles. The third-order valence-electron chi connectivity index (χ3n) is 2.47. The van der Waals surface area contributed by atoms with Crippen LogP contribution < -0.4 is 0 Å². The third kappa shape index (κ3) is 2.19. The van der Waals surface area contributed by atoms with E-state index in [1.54, 1.807) is 7.11 Å².